The summed E-state index contributed by atoms with van der Waals surface area (Å²) in [7, 11) is -3.44. The second-order valence-corrected chi connectivity index (χ2v) is 9.79. The summed E-state index contributed by atoms with van der Waals surface area (Å²) in [6.45, 7) is 1.56. The topological polar surface area (TPSA) is 98.5 Å². The Labute approximate surface area is 131 Å². The minimum atomic E-state index is -3.44. The van der Waals surface area contributed by atoms with Crippen LogP contribution in [0.5, 0.6) is 0 Å². The molecule has 1 fully saturated rings. The van der Waals surface area contributed by atoms with Gasteiger partial charge in [0.25, 0.3) is 0 Å². The van der Waals surface area contributed by atoms with Crippen molar-refractivity contribution in [2.45, 2.75) is 23.0 Å². The Kier molecular flexibility index (Phi) is 3.07. The molecule has 1 aromatic carbocycles. The van der Waals surface area contributed by atoms with E-state index in [1.807, 2.05) is 0 Å². The minimum absolute atomic E-state index is 0.0453. The maximum absolute atomic E-state index is 14.3. The molecule has 0 spiro atoms. The molecule has 2 aliphatic rings. The SMILES string of the molecule is C[C@]1(c2cc(N)cc(F)c2F)N=C(N)S[C@@]2(S(C)(=O)=O)CC21. The zero-order valence-electron chi connectivity index (χ0n) is 11.9. The van der Waals surface area contributed by atoms with E-state index in [1.165, 1.54) is 6.07 Å². The van der Waals surface area contributed by atoms with Gasteiger partial charge in [0.1, 0.15) is 4.08 Å². The number of rotatable bonds is 2. The van der Waals surface area contributed by atoms with Gasteiger partial charge in [0.05, 0.1) is 5.54 Å². The highest BCUT2D eigenvalue weighted by Gasteiger charge is 2.72. The van der Waals surface area contributed by atoms with E-state index in [9.17, 15) is 17.2 Å². The number of halogens is 2. The third-order valence-electron chi connectivity index (χ3n) is 4.38. The molecule has 4 N–H and O–H groups in total. The van der Waals surface area contributed by atoms with Crippen molar-refractivity contribution in [2.24, 2.45) is 16.6 Å². The van der Waals surface area contributed by atoms with E-state index in [4.69, 9.17) is 11.5 Å². The molecule has 1 aromatic rings. The monoisotopic (exact) mass is 347 g/mol. The van der Waals surface area contributed by atoms with Gasteiger partial charge in [0.15, 0.2) is 26.6 Å². The first-order valence-corrected chi connectivity index (χ1v) is 9.21. The summed E-state index contributed by atoms with van der Waals surface area (Å²) in [6.07, 6.45) is 1.41. The van der Waals surface area contributed by atoms with Gasteiger partial charge in [0, 0.05) is 23.4 Å². The van der Waals surface area contributed by atoms with Gasteiger partial charge in [-0.25, -0.2) is 17.2 Å². The van der Waals surface area contributed by atoms with Crippen molar-refractivity contribution in [3.8, 4) is 0 Å². The number of amidine groups is 1. The molecular weight excluding hydrogens is 332 g/mol. The largest absolute Gasteiger partial charge is 0.399 e. The molecule has 120 valence electrons. The van der Waals surface area contributed by atoms with E-state index >= 15 is 0 Å². The quantitative estimate of drug-likeness (QED) is 0.792. The predicted octanol–water partition coefficient (Wildman–Crippen LogP) is 1.58. The van der Waals surface area contributed by atoms with Crippen LogP contribution in [0, 0.1) is 17.6 Å². The maximum Gasteiger partial charge on any atom is 0.164 e. The van der Waals surface area contributed by atoms with E-state index in [2.05, 4.69) is 4.99 Å². The zero-order valence-corrected chi connectivity index (χ0v) is 13.6. The molecule has 3 rings (SSSR count). The third-order valence-corrected chi connectivity index (χ3v) is 8.34. The molecule has 0 bridgehead atoms. The third kappa shape index (κ3) is 1.95. The Morgan fingerprint density at radius 2 is 2.00 bits per heavy atom. The van der Waals surface area contributed by atoms with Crippen LogP contribution in [0.25, 0.3) is 0 Å². The van der Waals surface area contributed by atoms with Gasteiger partial charge in [-0.2, -0.15) is 0 Å². The molecule has 1 heterocycles. The number of thioether (sulfide) groups is 1. The molecule has 9 heteroatoms. The first kappa shape index (κ1) is 15.5. The van der Waals surface area contributed by atoms with Gasteiger partial charge in [-0.1, -0.05) is 11.8 Å². The van der Waals surface area contributed by atoms with Crippen LogP contribution in [0.15, 0.2) is 17.1 Å². The fourth-order valence-corrected chi connectivity index (χ4v) is 6.47. The van der Waals surface area contributed by atoms with Crippen LogP contribution < -0.4 is 11.5 Å². The Bertz CT molecular complexity index is 812. The van der Waals surface area contributed by atoms with Crippen LogP contribution in [0.2, 0.25) is 0 Å². The normalized spacial score (nSPS) is 34.0. The molecule has 1 unspecified atom stereocenters. The highest BCUT2D eigenvalue weighted by atomic mass is 32.3. The molecule has 0 radical (unpaired) electrons. The number of nitrogens with zero attached hydrogens (tertiary/aromatic N) is 1. The van der Waals surface area contributed by atoms with Gasteiger partial charge in [0.2, 0.25) is 0 Å². The highest BCUT2D eigenvalue weighted by Crippen LogP contribution is 2.68. The number of benzene rings is 1. The second-order valence-electron chi connectivity index (χ2n) is 5.90. The Hall–Kier alpha value is -1.35. The lowest BCUT2D eigenvalue weighted by Crippen LogP contribution is -2.39. The van der Waals surface area contributed by atoms with Gasteiger partial charge in [-0.05, 0) is 25.5 Å². The molecule has 3 atom stereocenters. The number of hydrogen-bond donors (Lipinski definition) is 2. The first-order chi connectivity index (χ1) is 10.0. The Balaban J connectivity index is 2.21. The van der Waals surface area contributed by atoms with Gasteiger partial charge < -0.3 is 11.5 Å². The van der Waals surface area contributed by atoms with Crippen molar-refractivity contribution in [3.63, 3.8) is 0 Å². The average molecular weight is 347 g/mol. The van der Waals surface area contributed by atoms with Crippen LogP contribution >= 0.6 is 11.8 Å². The van der Waals surface area contributed by atoms with Crippen LogP contribution in [0.4, 0.5) is 14.5 Å². The molecule has 1 aliphatic carbocycles. The summed E-state index contributed by atoms with van der Waals surface area (Å²) >= 11 is 0.973. The minimum Gasteiger partial charge on any atom is -0.399 e. The summed E-state index contributed by atoms with van der Waals surface area (Å²) in [5, 5.41) is 0.0453. The summed E-state index contributed by atoms with van der Waals surface area (Å²) in [6, 6.07) is 2.17. The average Bonchev–Trinajstić information content (AvgIpc) is 3.09. The molecule has 1 aliphatic heterocycles. The van der Waals surface area contributed by atoms with Gasteiger partial charge in [-0.3, -0.25) is 4.99 Å². The summed E-state index contributed by atoms with van der Waals surface area (Å²) in [5.74, 6) is -2.65. The number of hydrogen-bond acceptors (Lipinski definition) is 6. The lowest BCUT2D eigenvalue weighted by molar-refractivity contribution is 0.388. The van der Waals surface area contributed by atoms with E-state index in [0.717, 1.165) is 24.1 Å². The Morgan fingerprint density at radius 3 is 2.59 bits per heavy atom. The molecule has 1 saturated carbocycles. The van der Waals surface area contributed by atoms with Crippen molar-refractivity contribution < 1.29 is 17.2 Å². The molecule has 0 amide bonds. The molecule has 0 aromatic heterocycles. The number of sulfone groups is 1. The van der Waals surface area contributed by atoms with E-state index in [1.54, 1.807) is 6.92 Å². The van der Waals surface area contributed by atoms with Crippen LogP contribution in [0.1, 0.15) is 18.9 Å². The predicted molar refractivity (Wildman–Crippen MR) is 83.0 cm³/mol. The molecular formula is C13H15F2N3O2S2. The van der Waals surface area contributed by atoms with Crippen LogP contribution in [-0.4, -0.2) is 23.9 Å². The molecule has 0 saturated heterocycles. The number of anilines is 1. The smallest absolute Gasteiger partial charge is 0.164 e. The lowest BCUT2D eigenvalue weighted by Gasteiger charge is -2.33. The molecule has 22 heavy (non-hydrogen) atoms. The van der Waals surface area contributed by atoms with Crippen LogP contribution in [0.3, 0.4) is 0 Å². The van der Waals surface area contributed by atoms with Crippen molar-refractivity contribution >= 4 is 32.5 Å². The Morgan fingerprint density at radius 1 is 1.36 bits per heavy atom. The van der Waals surface area contributed by atoms with Gasteiger partial charge >= 0.3 is 0 Å². The van der Waals surface area contributed by atoms with Crippen LogP contribution in [-0.2, 0) is 15.4 Å². The summed E-state index contributed by atoms with van der Waals surface area (Å²) in [4.78, 5) is 4.24. The molecule has 5 nitrogen and oxygen atoms in total. The van der Waals surface area contributed by atoms with Crippen molar-refractivity contribution in [1.29, 1.82) is 0 Å². The van der Waals surface area contributed by atoms with Crippen molar-refractivity contribution in [2.75, 3.05) is 12.0 Å². The highest BCUT2D eigenvalue weighted by molar-refractivity contribution is 8.24. The fraction of sp³-hybridized carbons (Fsp3) is 0.462. The van der Waals surface area contributed by atoms with E-state index in [0.29, 0.717) is 0 Å². The van der Waals surface area contributed by atoms with E-state index in [-0.39, 0.29) is 22.8 Å². The lowest BCUT2D eigenvalue weighted by atomic mass is 9.86. The number of nitrogens with two attached hydrogens (primary N) is 2. The standard InChI is InChI=1S/C13H15F2N3O2S2/c1-12(7-3-6(16)4-8(14)10(7)15)9-5-13(9,22(2,19)20)21-11(17)18-12/h3-4,9H,5,16H2,1-2H3,(H2,17,18)/t9?,12-,13-/m1/s1. The summed E-state index contributed by atoms with van der Waals surface area (Å²) < 4.78 is 51.0. The van der Waals surface area contributed by atoms with E-state index < -0.39 is 37.0 Å². The fourth-order valence-electron chi connectivity index (χ4n) is 3.18. The number of nitrogen functional groups attached to an aromatic ring is 1. The van der Waals surface area contributed by atoms with Gasteiger partial charge in [-0.15, -0.1) is 0 Å². The number of fused-ring (bicyclic) bond motifs is 1. The zero-order chi connectivity index (χ0) is 16.5. The first-order valence-electron chi connectivity index (χ1n) is 6.50. The number of aliphatic imine (C=N–C) groups is 1. The summed E-state index contributed by atoms with van der Waals surface area (Å²) in [5.41, 5.74) is 10.1. The maximum atomic E-state index is 14.3. The van der Waals surface area contributed by atoms with Crippen molar-refractivity contribution in [1.82, 2.24) is 0 Å². The second kappa shape index (κ2) is 4.35. The van der Waals surface area contributed by atoms with Crippen molar-refractivity contribution in [3.05, 3.63) is 29.3 Å².